The Bertz CT molecular complexity index is 700. The van der Waals surface area contributed by atoms with E-state index in [4.69, 9.17) is 0 Å². The zero-order valence-electron chi connectivity index (χ0n) is 14.6. The van der Waals surface area contributed by atoms with Crippen LogP contribution in [-0.2, 0) is 4.79 Å². The third kappa shape index (κ3) is 4.68. The van der Waals surface area contributed by atoms with Crippen molar-refractivity contribution in [3.8, 4) is 0 Å². The molecule has 2 aromatic carbocycles. The first-order valence-electron chi connectivity index (χ1n) is 8.30. The number of amides is 1. The van der Waals surface area contributed by atoms with Crippen molar-refractivity contribution in [2.24, 2.45) is 0 Å². The van der Waals surface area contributed by atoms with E-state index < -0.39 is 0 Å². The molecule has 0 aliphatic carbocycles. The summed E-state index contributed by atoms with van der Waals surface area (Å²) in [6.07, 6.45) is 0. The SMILES string of the molecule is CC(NC(C)c1ccccc1Br)C(=O)Nc1ccccc1C(C)C. The van der Waals surface area contributed by atoms with Crippen molar-refractivity contribution >= 4 is 27.5 Å². The zero-order chi connectivity index (χ0) is 17.7. The highest BCUT2D eigenvalue weighted by Gasteiger charge is 2.18. The predicted molar refractivity (Wildman–Crippen MR) is 104 cm³/mol. The fourth-order valence-corrected chi connectivity index (χ4v) is 3.35. The van der Waals surface area contributed by atoms with E-state index in [0.717, 1.165) is 21.3 Å². The van der Waals surface area contributed by atoms with Crippen LogP contribution in [0.5, 0.6) is 0 Å². The Kier molecular flexibility index (Phi) is 6.58. The smallest absolute Gasteiger partial charge is 0.241 e. The van der Waals surface area contributed by atoms with Crippen LogP contribution in [0.3, 0.4) is 0 Å². The fourth-order valence-electron chi connectivity index (χ4n) is 2.72. The summed E-state index contributed by atoms with van der Waals surface area (Å²) in [5, 5.41) is 6.41. The summed E-state index contributed by atoms with van der Waals surface area (Å²) < 4.78 is 1.04. The molecule has 2 unspecified atom stereocenters. The van der Waals surface area contributed by atoms with Crippen LogP contribution in [0, 0.1) is 0 Å². The zero-order valence-corrected chi connectivity index (χ0v) is 16.2. The van der Waals surface area contributed by atoms with Gasteiger partial charge in [0.15, 0.2) is 0 Å². The maximum absolute atomic E-state index is 12.6. The average molecular weight is 389 g/mol. The maximum atomic E-state index is 12.6. The molecule has 2 aromatic rings. The Morgan fingerprint density at radius 2 is 1.50 bits per heavy atom. The van der Waals surface area contributed by atoms with Gasteiger partial charge in [-0.25, -0.2) is 0 Å². The predicted octanol–water partition coefficient (Wildman–Crippen LogP) is 5.25. The van der Waals surface area contributed by atoms with Crippen molar-refractivity contribution in [3.63, 3.8) is 0 Å². The second-order valence-corrected chi connectivity index (χ2v) is 7.22. The second-order valence-electron chi connectivity index (χ2n) is 6.36. The van der Waals surface area contributed by atoms with E-state index in [9.17, 15) is 4.79 Å². The van der Waals surface area contributed by atoms with Gasteiger partial charge in [-0.2, -0.15) is 0 Å². The van der Waals surface area contributed by atoms with Crippen LogP contribution >= 0.6 is 15.9 Å². The number of benzene rings is 2. The molecule has 1 amide bonds. The van der Waals surface area contributed by atoms with Gasteiger partial charge in [0.25, 0.3) is 0 Å². The highest BCUT2D eigenvalue weighted by atomic mass is 79.9. The minimum absolute atomic E-state index is 0.0259. The van der Waals surface area contributed by atoms with E-state index in [-0.39, 0.29) is 18.0 Å². The van der Waals surface area contributed by atoms with Gasteiger partial charge in [-0.1, -0.05) is 66.2 Å². The molecule has 0 saturated heterocycles. The first kappa shape index (κ1) is 18.7. The minimum Gasteiger partial charge on any atom is -0.324 e. The normalized spacial score (nSPS) is 13.6. The lowest BCUT2D eigenvalue weighted by Crippen LogP contribution is -2.39. The molecule has 2 N–H and O–H groups in total. The van der Waals surface area contributed by atoms with E-state index in [1.165, 1.54) is 0 Å². The third-order valence-electron chi connectivity index (χ3n) is 4.11. The number of hydrogen-bond acceptors (Lipinski definition) is 2. The molecule has 0 aliphatic rings. The Labute approximate surface area is 153 Å². The lowest BCUT2D eigenvalue weighted by atomic mass is 10.0. The first-order chi connectivity index (χ1) is 11.4. The number of halogens is 1. The van der Waals surface area contributed by atoms with Gasteiger partial charge in [-0.15, -0.1) is 0 Å². The van der Waals surface area contributed by atoms with Gasteiger partial charge in [0, 0.05) is 16.2 Å². The standard InChI is InChI=1S/C20H25BrN2O/c1-13(2)16-9-6-8-12-19(16)23-20(24)15(4)22-14(3)17-10-5-7-11-18(17)21/h5-15,22H,1-4H3,(H,23,24). The number of hydrogen-bond donors (Lipinski definition) is 2. The molecule has 0 aromatic heterocycles. The van der Waals surface area contributed by atoms with Crippen LogP contribution in [0.1, 0.15) is 50.8 Å². The minimum atomic E-state index is -0.299. The first-order valence-corrected chi connectivity index (χ1v) is 9.09. The molecule has 0 aliphatic heterocycles. The van der Waals surface area contributed by atoms with Crippen molar-refractivity contribution in [3.05, 3.63) is 64.1 Å². The largest absolute Gasteiger partial charge is 0.324 e. The number of nitrogens with one attached hydrogen (secondary N) is 2. The molecule has 3 nitrogen and oxygen atoms in total. The Morgan fingerprint density at radius 3 is 2.12 bits per heavy atom. The third-order valence-corrected chi connectivity index (χ3v) is 4.83. The van der Waals surface area contributed by atoms with Crippen molar-refractivity contribution < 1.29 is 4.79 Å². The highest BCUT2D eigenvalue weighted by molar-refractivity contribution is 9.10. The van der Waals surface area contributed by atoms with Gasteiger partial charge in [0.05, 0.1) is 6.04 Å². The summed E-state index contributed by atoms with van der Waals surface area (Å²) in [5.74, 6) is 0.339. The Morgan fingerprint density at radius 1 is 0.917 bits per heavy atom. The Balaban J connectivity index is 2.04. The van der Waals surface area contributed by atoms with E-state index in [1.807, 2.05) is 43.3 Å². The van der Waals surface area contributed by atoms with Gasteiger partial charge in [0.2, 0.25) is 5.91 Å². The van der Waals surface area contributed by atoms with Gasteiger partial charge in [-0.3, -0.25) is 10.1 Å². The molecule has 0 radical (unpaired) electrons. The van der Waals surface area contributed by atoms with E-state index in [2.05, 4.69) is 59.5 Å². The Hall–Kier alpha value is -1.65. The van der Waals surface area contributed by atoms with Gasteiger partial charge >= 0.3 is 0 Å². The van der Waals surface area contributed by atoms with Crippen LogP contribution in [0.4, 0.5) is 5.69 Å². The van der Waals surface area contributed by atoms with Crippen molar-refractivity contribution in [1.82, 2.24) is 5.32 Å². The summed E-state index contributed by atoms with van der Waals surface area (Å²) in [6, 6.07) is 15.8. The number of carbonyl (C=O) groups is 1. The molecule has 2 atom stereocenters. The number of anilines is 1. The number of rotatable bonds is 6. The number of para-hydroxylation sites is 1. The molecule has 0 fully saturated rings. The molecular weight excluding hydrogens is 364 g/mol. The van der Waals surface area contributed by atoms with E-state index in [1.54, 1.807) is 0 Å². The summed E-state index contributed by atoms with van der Waals surface area (Å²) in [6.45, 7) is 8.20. The van der Waals surface area contributed by atoms with Crippen LogP contribution in [-0.4, -0.2) is 11.9 Å². The second kappa shape index (κ2) is 8.45. The molecule has 0 bridgehead atoms. The molecular formula is C20H25BrN2O. The number of carbonyl (C=O) groups excluding carboxylic acids is 1. The molecule has 2 rings (SSSR count). The lowest BCUT2D eigenvalue weighted by Gasteiger charge is -2.22. The summed E-state index contributed by atoms with van der Waals surface area (Å²) in [4.78, 5) is 12.6. The van der Waals surface area contributed by atoms with Gasteiger partial charge in [-0.05, 0) is 43.0 Å². The lowest BCUT2D eigenvalue weighted by molar-refractivity contribution is -0.117. The van der Waals surface area contributed by atoms with Crippen molar-refractivity contribution in [2.45, 2.75) is 45.7 Å². The van der Waals surface area contributed by atoms with E-state index >= 15 is 0 Å². The van der Waals surface area contributed by atoms with Gasteiger partial charge < -0.3 is 5.32 Å². The quantitative estimate of drug-likeness (QED) is 0.709. The molecule has 4 heteroatoms. The van der Waals surface area contributed by atoms with E-state index in [0.29, 0.717) is 5.92 Å². The molecule has 0 saturated carbocycles. The van der Waals surface area contributed by atoms with Gasteiger partial charge in [0.1, 0.15) is 0 Å². The molecule has 0 heterocycles. The van der Waals surface area contributed by atoms with Crippen molar-refractivity contribution in [2.75, 3.05) is 5.32 Å². The summed E-state index contributed by atoms with van der Waals surface area (Å²) in [7, 11) is 0. The molecule has 0 spiro atoms. The fraction of sp³-hybridized carbons (Fsp3) is 0.350. The summed E-state index contributed by atoms with van der Waals surface area (Å²) >= 11 is 3.56. The molecule has 24 heavy (non-hydrogen) atoms. The topological polar surface area (TPSA) is 41.1 Å². The van der Waals surface area contributed by atoms with Crippen LogP contribution in [0.2, 0.25) is 0 Å². The van der Waals surface area contributed by atoms with Crippen LogP contribution < -0.4 is 10.6 Å². The maximum Gasteiger partial charge on any atom is 0.241 e. The molecule has 128 valence electrons. The van der Waals surface area contributed by atoms with Crippen LogP contribution in [0.15, 0.2) is 53.0 Å². The van der Waals surface area contributed by atoms with Crippen LogP contribution in [0.25, 0.3) is 0 Å². The summed E-state index contributed by atoms with van der Waals surface area (Å²) in [5.41, 5.74) is 3.18. The average Bonchev–Trinajstić information content (AvgIpc) is 2.55. The monoisotopic (exact) mass is 388 g/mol. The highest BCUT2D eigenvalue weighted by Crippen LogP contribution is 2.25. The van der Waals surface area contributed by atoms with Crippen molar-refractivity contribution in [1.29, 1.82) is 0 Å².